The van der Waals surface area contributed by atoms with Crippen LogP contribution in [0, 0.1) is 11.6 Å². The lowest BCUT2D eigenvalue weighted by molar-refractivity contribution is -0.121. The summed E-state index contributed by atoms with van der Waals surface area (Å²) in [4.78, 5) is 39.0. The van der Waals surface area contributed by atoms with Crippen LogP contribution >= 0.6 is 0 Å². The average molecular weight is 450 g/mol. The Balaban J connectivity index is 1.56. The van der Waals surface area contributed by atoms with Gasteiger partial charge in [-0.1, -0.05) is 6.07 Å². The fraction of sp³-hybridized carbons (Fsp3) is 0.125. The van der Waals surface area contributed by atoms with Crippen LogP contribution in [0.2, 0.25) is 0 Å². The number of nitrogens with two attached hydrogens (primary N) is 1. The lowest BCUT2D eigenvalue weighted by Crippen LogP contribution is -2.30. The summed E-state index contributed by atoms with van der Waals surface area (Å²) in [6.45, 7) is 1.57. The molecule has 0 saturated heterocycles. The fourth-order valence-corrected chi connectivity index (χ4v) is 3.63. The number of halogens is 2. The first-order valence-electron chi connectivity index (χ1n) is 10.1. The van der Waals surface area contributed by atoms with Crippen LogP contribution in [0.4, 0.5) is 8.78 Å². The van der Waals surface area contributed by atoms with Crippen LogP contribution in [0.15, 0.2) is 65.7 Å². The Labute approximate surface area is 186 Å². The number of rotatable bonds is 6. The normalized spacial score (nSPS) is 12.0. The number of aromatic amines is 1. The van der Waals surface area contributed by atoms with Crippen molar-refractivity contribution in [2.45, 2.75) is 19.4 Å². The second-order valence-electron chi connectivity index (χ2n) is 7.70. The molecule has 4 N–H and O–H groups in total. The molecular formula is C24H20F2N4O3. The third-order valence-electron chi connectivity index (χ3n) is 5.34. The summed E-state index contributed by atoms with van der Waals surface area (Å²) in [5, 5.41) is 3.31. The third-order valence-corrected chi connectivity index (χ3v) is 5.34. The van der Waals surface area contributed by atoms with E-state index in [1.807, 2.05) is 0 Å². The van der Waals surface area contributed by atoms with Crippen LogP contribution < -0.4 is 16.6 Å². The fourth-order valence-electron chi connectivity index (χ4n) is 3.63. The molecule has 2 aromatic heterocycles. The minimum Gasteiger partial charge on any atom is -0.366 e. The molecule has 4 aromatic rings. The third kappa shape index (κ3) is 4.67. The van der Waals surface area contributed by atoms with E-state index in [9.17, 15) is 23.2 Å². The molecular weight excluding hydrogens is 430 g/mol. The van der Waals surface area contributed by atoms with E-state index in [4.69, 9.17) is 5.73 Å². The molecule has 0 fully saturated rings. The highest BCUT2D eigenvalue weighted by atomic mass is 19.1. The molecule has 4 rings (SSSR count). The predicted molar refractivity (Wildman–Crippen MR) is 119 cm³/mol. The van der Waals surface area contributed by atoms with Crippen LogP contribution in [0.5, 0.6) is 0 Å². The predicted octanol–water partition coefficient (Wildman–Crippen LogP) is 3.12. The van der Waals surface area contributed by atoms with Crippen LogP contribution in [0.25, 0.3) is 16.6 Å². The summed E-state index contributed by atoms with van der Waals surface area (Å²) in [6, 6.07) is 10.9. The lowest BCUT2D eigenvalue weighted by atomic mass is 10.1. The first kappa shape index (κ1) is 21.9. The van der Waals surface area contributed by atoms with Gasteiger partial charge in [0.2, 0.25) is 11.8 Å². The zero-order valence-electron chi connectivity index (χ0n) is 17.6. The molecule has 2 amide bonds. The van der Waals surface area contributed by atoms with E-state index in [1.54, 1.807) is 54.2 Å². The molecule has 0 aliphatic heterocycles. The van der Waals surface area contributed by atoms with Gasteiger partial charge in [0.15, 0.2) is 0 Å². The quantitative estimate of drug-likeness (QED) is 0.420. The van der Waals surface area contributed by atoms with Gasteiger partial charge in [-0.25, -0.2) is 8.78 Å². The first-order valence-corrected chi connectivity index (χ1v) is 10.1. The molecule has 0 spiro atoms. The topological polar surface area (TPSA) is 110 Å². The van der Waals surface area contributed by atoms with Gasteiger partial charge in [0, 0.05) is 46.2 Å². The van der Waals surface area contributed by atoms with E-state index >= 15 is 0 Å². The van der Waals surface area contributed by atoms with Gasteiger partial charge in [0.05, 0.1) is 18.0 Å². The monoisotopic (exact) mass is 450 g/mol. The maximum atomic E-state index is 14.0. The molecule has 7 nitrogen and oxygen atoms in total. The average Bonchev–Trinajstić information content (AvgIpc) is 3.24. The van der Waals surface area contributed by atoms with E-state index in [0.717, 1.165) is 17.8 Å². The zero-order valence-corrected chi connectivity index (χ0v) is 17.6. The summed E-state index contributed by atoms with van der Waals surface area (Å²) in [6.07, 6.45) is 3.06. The maximum absolute atomic E-state index is 14.0. The number of pyridine rings is 1. The Morgan fingerprint density at radius 2 is 1.91 bits per heavy atom. The largest absolute Gasteiger partial charge is 0.366 e. The van der Waals surface area contributed by atoms with Crippen molar-refractivity contribution in [3.8, 4) is 5.69 Å². The van der Waals surface area contributed by atoms with Crippen LogP contribution in [0.3, 0.4) is 0 Å². The standard InChI is InChI=1S/C24H20F2N4O3/c1-13(19-4-2-17(25)11-20(19)26)28-22(31)10-16-8-15-9-18(3-5-21(15)29-24(16)33)30-7-6-14(12-30)23(27)32/h2-9,11-13H,10H2,1H3,(H2,27,32)(H,28,31)(H,29,33)/t13-/m0/s1. The van der Waals surface area contributed by atoms with Crippen molar-refractivity contribution in [2.75, 3.05) is 0 Å². The van der Waals surface area contributed by atoms with Crippen molar-refractivity contribution in [3.05, 3.63) is 99.6 Å². The summed E-state index contributed by atoms with van der Waals surface area (Å²) in [7, 11) is 0. The molecule has 0 aliphatic rings. The van der Waals surface area contributed by atoms with Crippen molar-refractivity contribution < 1.29 is 18.4 Å². The van der Waals surface area contributed by atoms with Crippen LogP contribution in [0.1, 0.15) is 34.5 Å². The molecule has 0 unspecified atom stereocenters. The number of fused-ring (bicyclic) bond motifs is 1. The Hall–Kier alpha value is -4.27. The second-order valence-corrected chi connectivity index (χ2v) is 7.70. The number of amides is 2. The number of aromatic nitrogens is 2. The Bertz CT molecular complexity index is 1440. The Morgan fingerprint density at radius 3 is 2.61 bits per heavy atom. The molecule has 2 heterocycles. The summed E-state index contributed by atoms with van der Waals surface area (Å²) in [5.74, 6) is -2.49. The highest BCUT2D eigenvalue weighted by molar-refractivity contribution is 5.92. The highest BCUT2D eigenvalue weighted by Gasteiger charge is 2.16. The number of carbonyl (C=O) groups excluding carboxylic acids is 2. The molecule has 0 bridgehead atoms. The van der Waals surface area contributed by atoms with Gasteiger partial charge < -0.3 is 20.6 Å². The van der Waals surface area contributed by atoms with Crippen LogP contribution in [-0.4, -0.2) is 21.4 Å². The lowest BCUT2D eigenvalue weighted by Gasteiger charge is -2.15. The van der Waals surface area contributed by atoms with Crippen LogP contribution in [-0.2, 0) is 11.2 Å². The molecule has 1 atom stereocenters. The van der Waals surface area contributed by atoms with E-state index in [1.165, 1.54) is 6.07 Å². The van der Waals surface area contributed by atoms with Gasteiger partial charge in [-0.05, 0) is 43.3 Å². The number of benzene rings is 2. The molecule has 168 valence electrons. The van der Waals surface area contributed by atoms with E-state index in [0.29, 0.717) is 16.5 Å². The number of nitrogens with one attached hydrogen (secondary N) is 2. The summed E-state index contributed by atoms with van der Waals surface area (Å²) in [5.41, 5.74) is 6.93. The van der Waals surface area contributed by atoms with Crippen molar-refractivity contribution in [3.63, 3.8) is 0 Å². The summed E-state index contributed by atoms with van der Waals surface area (Å²) < 4.78 is 28.8. The molecule has 2 aromatic carbocycles. The Morgan fingerprint density at radius 1 is 1.12 bits per heavy atom. The van der Waals surface area contributed by atoms with E-state index < -0.39 is 35.0 Å². The van der Waals surface area contributed by atoms with Crippen molar-refractivity contribution >= 4 is 22.7 Å². The zero-order chi connectivity index (χ0) is 23.7. The van der Waals surface area contributed by atoms with Gasteiger partial charge in [-0.15, -0.1) is 0 Å². The Kier molecular flexibility index (Phi) is 5.78. The number of carbonyl (C=O) groups is 2. The number of H-pyrrole nitrogens is 1. The highest BCUT2D eigenvalue weighted by Crippen LogP contribution is 2.20. The first-order chi connectivity index (χ1) is 15.7. The van der Waals surface area contributed by atoms with Gasteiger partial charge in [-0.3, -0.25) is 14.4 Å². The van der Waals surface area contributed by atoms with Gasteiger partial charge in [-0.2, -0.15) is 0 Å². The second kappa shape index (κ2) is 8.70. The summed E-state index contributed by atoms with van der Waals surface area (Å²) >= 11 is 0. The van der Waals surface area contributed by atoms with E-state index in [2.05, 4.69) is 10.3 Å². The minimum absolute atomic E-state index is 0.142. The molecule has 33 heavy (non-hydrogen) atoms. The van der Waals surface area contributed by atoms with Crippen molar-refractivity contribution in [1.29, 1.82) is 0 Å². The van der Waals surface area contributed by atoms with Crippen molar-refractivity contribution in [1.82, 2.24) is 14.9 Å². The molecule has 9 heteroatoms. The number of hydrogen-bond acceptors (Lipinski definition) is 3. The molecule has 0 saturated carbocycles. The van der Waals surface area contributed by atoms with Gasteiger partial charge in [0.1, 0.15) is 11.6 Å². The van der Waals surface area contributed by atoms with Crippen molar-refractivity contribution in [2.24, 2.45) is 5.73 Å². The van der Waals surface area contributed by atoms with E-state index in [-0.39, 0.29) is 17.5 Å². The van der Waals surface area contributed by atoms with Gasteiger partial charge in [0.25, 0.3) is 5.56 Å². The van der Waals surface area contributed by atoms with Gasteiger partial charge >= 0.3 is 0 Å². The number of primary amides is 1. The smallest absolute Gasteiger partial charge is 0.252 e. The number of hydrogen-bond donors (Lipinski definition) is 3. The SMILES string of the molecule is C[C@H](NC(=O)Cc1cc2cc(-n3ccc(C(N)=O)c3)ccc2[nH]c1=O)c1ccc(F)cc1F. The minimum atomic E-state index is -0.761. The molecule has 0 aliphatic carbocycles. The molecule has 0 radical (unpaired) electrons. The number of nitrogens with zero attached hydrogens (tertiary/aromatic N) is 1. The maximum Gasteiger partial charge on any atom is 0.252 e.